The van der Waals surface area contributed by atoms with Crippen LogP contribution in [0.15, 0.2) is 101 Å². The summed E-state index contributed by atoms with van der Waals surface area (Å²) < 4.78 is 28.6. The fourth-order valence-electron chi connectivity index (χ4n) is 3.95. The van der Waals surface area contributed by atoms with E-state index in [4.69, 9.17) is 0 Å². The van der Waals surface area contributed by atoms with Crippen LogP contribution in [0.25, 0.3) is 10.8 Å². The van der Waals surface area contributed by atoms with Crippen LogP contribution in [0.3, 0.4) is 0 Å². The standard InChI is InChI=1S/C25H19N3O4S/c29-25-24(26-30)22-15-20(11-13-23(22)28(25)16-17-6-2-1-3-7-17)27-33(31,32)21-12-10-18-8-4-5-9-19(18)14-21/h1-15,27,30H,16H2/b26-24-. The van der Waals surface area contributed by atoms with Gasteiger partial charge >= 0.3 is 0 Å². The summed E-state index contributed by atoms with van der Waals surface area (Å²) in [4.78, 5) is 14.5. The minimum atomic E-state index is -3.87. The zero-order valence-electron chi connectivity index (χ0n) is 17.3. The number of fused-ring (bicyclic) bond motifs is 2. The number of carbonyl (C=O) groups excluding carboxylic acids is 1. The van der Waals surface area contributed by atoms with Gasteiger partial charge in [-0.3, -0.25) is 9.52 Å². The van der Waals surface area contributed by atoms with Gasteiger partial charge in [0.15, 0.2) is 5.71 Å². The lowest BCUT2D eigenvalue weighted by atomic mass is 10.1. The van der Waals surface area contributed by atoms with E-state index in [0.29, 0.717) is 17.8 Å². The fraction of sp³-hybridized carbons (Fsp3) is 0.0400. The number of carbonyl (C=O) groups is 1. The van der Waals surface area contributed by atoms with Crippen LogP contribution < -0.4 is 9.62 Å². The van der Waals surface area contributed by atoms with Gasteiger partial charge in [-0.1, -0.05) is 65.8 Å². The van der Waals surface area contributed by atoms with Gasteiger partial charge in [0.05, 0.1) is 17.1 Å². The Balaban J connectivity index is 1.47. The highest BCUT2D eigenvalue weighted by molar-refractivity contribution is 7.92. The first kappa shape index (κ1) is 20.7. The van der Waals surface area contributed by atoms with E-state index in [2.05, 4.69) is 9.88 Å². The summed E-state index contributed by atoms with van der Waals surface area (Å²) in [5.74, 6) is -0.453. The largest absolute Gasteiger partial charge is 0.410 e. The third-order valence-electron chi connectivity index (χ3n) is 5.56. The third-order valence-corrected chi connectivity index (χ3v) is 6.94. The van der Waals surface area contributed by atoms with Gasteiger partial charge in [-0.15, -0.1) is 0 Å². The van der Waals surface area contributed by atoms with Gasteiger partial charge in [0.2, 0.25) is 0 Å². The van der Waals surface area contributed by atoms with Crippen molar-refractivity contribution in [1.82, 2.24) is 0 Å². The fourth-order valence-corrected chi connectivity index (χ4v) is 5.03. The number of amides is 1. The first-order chi connectivity index (χ1) is 16.0. The molecule has 8 heteroatoms. The molecule has 4 aromatic carbocycles. The number of rotatable bonds is 5. The smallest absolute Gasteiger partial charge is 0.281 e. The third kappa shape index (κ3) is 3.81. The molecular weight excluding hydrogens is 438 g/mol. The maximum absolute atomic E-state index is 13.0. The number of hydrogen-bond acceptors (Lipinski definition) is 5. The summed E-state index contributed by atoms with van der Waals surface area (Å²) in [6.45, 7) is 0.299. The van der Waals surface area contributed by atoms with Gasteiger partial charge in [0, 0.05) is 11.3 Å². The average Bonchev–Trinajstić information content (AvgIpc) is 3.09. The summed E-state index contributed by atoms with van der Waals surface area (Å²) >= 11 is 0. The van der Waals surface area contributed by atoms with Crippen LogP contribution in [0.4, 0.5) is 11.4 Å². The van der Waals surface area contributed by atoms with Crippen molar-refractivity contribution in [2.24, 2.45) is 5.16 Å². The molecule has 0 radical (unpaired) electrons. The Bertz CT molecular complexity index is 1520. The first-order valence-corrected chi connectivity index (χ1v) is 11.7. The molecule has 0 spiro atoms. The van der Waals surface area contributed by atoms with Crippen molar-refractivity contribution in [3.05, 3.63) is 102 Å². The number of nitrogens with one attached hydrogen (secondary N) is 1. The minimum Gasteiger partial charge on any atom is -0.410 e. The van der Waals surface area contributed by atoms with Crippen LogP contribution in [0.1, 0.15) is 11.1 Å². The van der Waals surface area contributed by atoms with Crippen molar-refractivity contribution in [2.75, 3.05) is 9.62 Å². The lowest BCUT2D eigenvalue weighted by molar-refractivity contribution is -0.112. The molecule has 0 aromatic heterocycles. The van der Waals surface area contributed by atoms with Crippen molar-refractivity contribution >= 4 is 43.8 Å². The van der Waals surface area contributed by atoms with E-state index in [9.17, 15) is 18.4 Å². The Morgan fingerprint density at radius 2 is 1.58 bits per heavy atom. The Hall–Kier alpha value is -4.17. The summed E-state index contributed by atoms with van der Waals surface area (Å²) in [6, 6.07) is 26.6. The summed E-state index contributed by atoms with van der Waals surface area (Å²) in [5.41, 5.74) is 1.95. The molecule has 164 valence electrons. The molecule has 0 atom stereocenters. The SMILES string of the molecule is O=C1/C(=N\O)c2cc(NS(=O)(=O)c3ccc4ccccc4c3)ccc2N1Cc1ccccc1. The average molecular weight is 458 g/mol. The molecule has 33 heavy (non-hydrogen) atoms. The quantitative estimate of drug-likeness (QED) is 0.343. The van der Waals surface area contributed by atoms with Crippen LogP contribution in [0, 0.1) is 0 Å². The number of benzene rings is 4. The second kappa shape index (κ2) is 8.07. The Labute approximate surface area is 190 Å². The second-order valence-electron chi connectivity index (χ2n) is 7.67. The number of nitrogens with zero attached hydrogens (tertiary/aromatic N) is 2. The lowest BCUT2D eigenvalue weighted by Crippen LogP contribution is -2.29. The Kier molecular flexibility index (Phi) is 5.07. The number of sulfonamides is 1. The highest BCUT2D eigenvalue weighted by Gasteiger charge is 2.35. The van der Waals surface area contributed by atoms with Gasteiger partial charge in [-0.2, -0.15) is 0 Å². The molecule has 0 bridgehead atoms. The second-order valence-corrected chi connectivity index (χ2v) is 9.35. The highest BCUT2D eigenvalue weighted by atomic mass is 32.2. The van der Waals surface area contributed by atoms with Crippen molar-refractivity contribution < 1.29 is 18.4 Å². The Morgan fingerprint density at radius 3 is 2.33 bits per heavy atom. The predicted molar refractivity (Wildman–Crippen MR) is 127 cm³/mol. The van der Waals surface area contributed by atoms with E-state index in [1.54, 1.807) is 30.3 Å². The summed E-state index contributed by atoms with van der Waals surface area (Å²) in [6.07, 6.45) is 0. The molecule has 1 aliphatic heterocycles. The summed E-state index contributed by atoms with van der Waals surface area (Å²) in [7, 11) is -3.87. The van der Waals surface area contributed by atoms with Crippen molar-refractivity contribution in [3.63, 3.8) is 0 Å². The molecule has 4 aromatic rings. The van der Waals surface area contributed by atoms with Crippen molar-refractivity contribution in [3.8, 4) is 0 Å². The van der Waals surface area contributed by atoms with Crippen LogP contribution in [-0.2, 0) is 21.4 Å². The van der Waals surface area contributed by atoms with Gasteiger partial charge in [0.1, 0.15) is 0 Å². The molecular formula is C25H19N3O4S. The maximum Gasteiger partial charge on any atom is 0.281 e. The molecule has 0 fully saturated rings. The van der Waals surface area contributed by atoms with E-state index in [1.807, 2.05) is 54.6 Å². The van der Waals surface area contributed by atoms with E-state index in [-0.39, 0.29) is 16.3 Å². The highest BCUT2D eigenvalue weighted by Crippen LogP contribution is 2.33. The zero-order chi connectivity index (χ0) is 23.0. The van der Waals surface area contributed by atoms with E-state index in [1.165, 1.54) is 11.0 Å². The molecule has 5 rings (SSSR count). The van der Waals surface area contributed by atoms with Crippen LogP contribution in [0.2, 0.25) is 0 Å². The molecule has 7 nitrogen and oxygen atoms in total. The number of anilines is 2. The van der Waals surface area contributed by atoms with E-state index >= 15 is 0 Å². The van der Waals surface area contributed by atoms with Gasteiger partial charge in [0.25, 0.3) is 15.9 Å². The maximum atomic E-state index is 13.0. The van der Waals surface area contributed by atoms with Crippen LogP contribution in [-0.4, -0.2) is 25.2 Å². The molecule has 2 N–H and O–H groups in total. The molecule has 1 heterocycles. The van der Waals surface area contributed by atoms with Gasteiger partial charge in [-0.25, -0.2) is 8.42 Å². The van der Waals surface area contributed by atoms with Gasteiger partial charge in [-0.05, 0) is 46.7 Å². The molecule has 0 unspecified atom stereocenters. The first-order valence-electron chi connectivity index (χ1n) is 10.2. The topological polar surface area (TPSA) is 99.1 Å². The number of hydrogen-bond donors (Lipinski definition) is 2. The molecule has 0 aliphatic carbocycles. The van der Waals surface area contributed by atoms with E-state index < -0.39 is 15.9 Å². The minimum absolute atomic E-state index is 0.125. The Morgan fingerprint density at radius 1 is 0.848 bits per heavy atom. The zero-order valence-corrected chi connectivity index (χ0v) is 18.2. The predicted octanol–water partition coefficient (Wildman–Crippen LogP) is 4.37. The van der Waals surface area contributed by atoms with E-state index in [0.717, 1.165) is 16.3 Å². The van der Waals surface area contributed by atoms with Crippen LogP contribution >= 0.6 is 0 Å². The molecule has 0 saturated heterocycles. The molecule has 1 amide bonds. The molecule has 1 aliphatic rings. The van der Waals surface area contributed by atoms with Crippen molar-refractivity contribution in [1.29, 1.82) is 0 Å². The summed E-state index contributed by atoms with van der Waals surface area (Å²) in [5, 5.41) is 14.4. The number of oxime groups is 1. The molecule has 0 saturated carbocycles. The normalized spacial score (nSPS) is 14.6. The van der Waals surface area contributed by atoms with Gasteiger partial charge < -0.3 is 10.1 Å². The van der Waals surface area contributed by atoms with Crippen LogP contribution in [0.5, 0.6) is 0 Å². The van der Waals surface area contributed by atoms with Crippen molar-refractivity contribution in [2.45, 2.75) is 11.4 Å². The monoisotopic (exact) mass is 457 g/mol. The lowest BCUT2D eigenvalue weighted by Gasteiger charge is -2.17.